The summed E-state index contributed by atoms with van der Waals surface area (Å²) in [5.74, 6) is -2.55. The summed E-state index contributed by atoms with van der Waals surface area (Å²) in [7, 11) is 0. The Morgan fingerprint density at radius 3 is 2.53 bits per heavy atom. The van der Waals surface area contributed by atoms with E-state index in [1.54, 1.807) is 24.5 Å². The monoisotopic (exact) mass is 233 g/mol. The molecular formula is C13H9F2NO. The van der Waals surface area contributed by atoms with E-state index in [-0.39, 0.29) is 12.0 Å². The maximum atomic E-state index is 13.3. The summed E-state index contributed by atoms with van der Waals surface area (Å²) < 4.78 is 26.3. The average molecular weight is 233 g/mol. The van der Waals surface area contributed by atoms with Gasteiger partial charge in [0, 0.05) is 18.8 Å². The highest BCUT2D eigenvalue weighted by molar-refractivity contribution is 5.97. The molecule has 17 heavy (non-hydrogen) atoms. The molecule has 0 aliphatic heterocycles. The molecule has 2 nitrogen and oxygen atoms in total. The van der Waals surface area contributed by atoms with Crippen LogP contribution in [0.1, 0.15) is 15.9 Å². The van der Waals surface area contributed by atoms with Gasteiger partial charge in [-0.15, -0.1) is 0 Å². The van der Waals surface area contributed by atoms with Crippen LogP contribution in [0.25, 0.3) is 0 Å². The van der Waals surface area contributed by atoms with E-state index in [0.29, 0.717) is 5.56 Å². The third-order valence-corrected chi connectivity index (χ3v) is 2.37. The lowest BCUT2D eigenvalue weighted by atomic mass is 10.0. The zero-order valence-electron chi connectivity index (χ0n) is 8.86. The standard InChI is InChI=1S/C13H9F2NO/c14-11-3-1-2-10(13(11)15)12(17)8-9-4-6-16-7-5-9/h1-7H,8H2. The molecule has 0 unspecified atom stereocenters. The Hall–Kier alpha value is -2.10. The molecule has 86 valence electrons. The molecule has 1 aromatic heterocycles. The molecule has 0 radical (unpaired) electrons. The van der Waals surface area contributed by atoms with Crippen LogP contribution in [-0.4, -0.2) is 10.8 Å². The third-order valence-electron chi connectivity index (χ3n) is 2.37. The van der Waals surface area contributed by atoms with Crippen molar-refractivity contribution in [3.8, 4) is 0 Å². The van der Waals surface area contributed by atoms with Crippen molar-refractivity contribution in [3.05, 3.63) is 65.5 Å². The Morgan fingerprint density at radius 1 is 1.12 bits per heavy atom. The molecule has 0 aliphatic carbocycles. The number of pyridine rings is 1. The lowest BCUT2D eigenvalue weighted by molar-refractivity contribution is 0.0988. The van der Waals surface area contributed by atoms with E-state index in [1.165, 1.54) is 12.1 Å². The van der Waals surface area contributed by atoms with Crippen molar-refractivity contribution >= 4 is 5.78 Å². The summed E-state index contributed by atoms with van der Waals surface area (Å²) in [6, 6.07) is 6.91. The number of carbonyl (C=O) groups is 1. The van der Waals surface area contributed by atoms with Crippen LogP contribution < -0.4 is 0 Å². The predicted octanol–water partition coefficient (Wildman–Crippen LogP) is 2.79. The van der Waals surface area contributed by atoms with Crippen molar-refractivity contribution in [2.24, 2.45) is 0 Å². The molecule has 0 atom stereocenters. The SMILES string of the molecule is O=C(Cc1ccncc1)c1cccc(F)c1F. The number of rotatable bonds is 3. The molecule has 0 spiro atoms. The first-order valence-corrected chi connectivity index (χ1v) is 5.04. The summed E-state index contributed by atoms with van der Waals surface area (Å²) in [5, 5.41) is 0. The molecular weight excluding hydrogens is 224 g/mol. The van der Waals surface area contributed by atoms with E-state index in [2.05, 4.69) is 4.98 Å². The highest BCUT2D eigenvalue weighted by Gasteiger charge is 2.15. The van der Waals surface area contributed by atoms with Crippen molar-refractivity contribution in [1.82, 2.24) is 4.98 Å². The number of Topliss-reactive ketones (excluding diaryl/α,β-unsaturated/α-hetero) is 1. The summed E-state index contributed by atoms with van der Waals surface area (Å²) in [5.41, 5.74) is 0.496. The molecule has 0 fully saturated rings. The molecule has 2 rings (SSSR count). The van der Waals surface area contributed by atoms with Gasteiger partial charge >= 0.3 is 0 Å². The van der Waals surface area contributed by atoms with Crippen molar-refractivity contribution in [3.63, 3.8) is 0 Å². The van der Waals surface area contributed by atoms with E-state index in [4.69, 9.17) is 0 Å². The fourth-order valence-corrected chi connectivity index (χ4v) is 1.50. The maximum absolute atomic E-state index is 13.3. The van der Waals surface area contributed by atoms with Crippen LogP contribution in [0.3, 0.4) is 0 Å². The second-order valence-electron chi connectivity index (χ2n) is 3.56. The zero-order chi connectivity index (χ0) is 12.3. The van der Waals surface area contributed by atoms with Gasteiger partial charge in [0.2, 0.25) is 0 Å². The van der Waals surface area contributed by atoms with Gasteiger partial charge in [-0.1, -0.05) is 6.07 Å². The molecule has 0 amide bonds. The first-order chi connectivity index (χ1) is 8.18. The second kappa shape index (κ2) is 4.82. The van der Waals surface area contributed by atoms with Crippen LogP contribution in [-0.2, 0) is 6.42 Å². The summed E-state index contributed by atoms with van der Waals surface area (Å²) in [6.07, 6.45) is 3.12. The lowest BCUT2D eigenvalue weighted by Gasteiger charge is -2.03. The van der Waals surface area contributed by atoms with Gasteiger partial charge < -0.3 is 0 Å². The Bertz CT molecular complexity index is 540. The summed E-state index contributed by atoms with van der Waals surface area (Å²) >= 11 is 0. The first kappa shape index (κ1) is 11.4. The topological polar surface area (TPSA) is 30.0 Å². The number of halogens is 2. The van der Waals surface area contributed by atoms with E-state index in [1.807, 2.05) is 0 Å². The number of aromatic nitrogens is 1. The van der Waals surface area contributed by atoms with Crippen molar-refractivity contribution in [2.45, 2.75) is 6.42 Å². The quantitative estimate of drug-likeness (QED) is 0.763. The average Bonchev–Trinajstić information content (AvgIpc) is 2.34. The molecule has 4 heteroatoms. The largest absolute Gasteiger partial charge is 0.294 e. The molecule has 1 aromatic carbocycles. The number of ketones is 1. The second-order valence-corrected chi connectivity index (χ2v) is 3.56. The van der Waals surface area contributed by atoms with Crippen LogP contribution >= 0.6 is 0 Å². The van der Waals surface area contributed by atoms with Crippen molar-refractivity contribution in [1.29, 1.82) is 0 Å². The van der Waals surface area contributed by atoms with Crippen LogP contribution in [0, 0.1) is 11.6 Å². The molecule has 0 aliphatic rings. The predicted molar refractivity (Wildman–Crippen MR) is 58.6 cm³/mol. The first-order valence-electron chi connectivity index (χ1n) is 5.04. The minimum Gasteiger partial charge on any atom is -0.294 e. The molecule has 0 bridgehead atoms. The number of carbonyl (C=O) groups excluding carboxylic acids is 1. The Morgan fingerprint density at radius 2 is 1.82 bits per heavy atom. The fraction of sp³-hybridized carbons (Fsp3) is 0.0769. The minimum absolute atomic E-state index is 0.0306. The number of nitrogens with zero attached hydrogens (tertiary/aromatic N) is 1. The van der Waals surface area contributed by atoms with Gasteiger partial charge in [-0.25, -0.2) is 8.78 Å². The van der Waals surface area contributed by atoms with E-state index in [0.717, 1.165) is 6.07 Å². The molecule has 0 N–H and O–H groups in total. The summed E-state index contributed by atoms with van der Waals surface area (Å²) in [6.45, 7) is 0. The Kier molecular flexibility index (Phi) is 3.23. The number of benzene rings is 1. The molecule has 1 heterocycles. The molecule has 2 aromatic rings. The van der Waals surface area contributed by atoms with Gasteiger partial charge in [0.1, 0.15) is 0 Å². The highest BCUT2D eigenvalue weighted by atomic mass is 19.2. The van der Waals surface area contributed by atoms with Gasteiger partial charge in [0.05, 0.1) is 5.56 Å². The molecule has 0 saturated heterocycles. The Labute approximate surface area is 96.9 Å². The normalized spacial score (nSPS) is 10.2. The maximum Gasteiger partial charge on any atom is 0.170 e. The number of hydrogen-bond donors (Lipinski definition) is 0. The van der Waals surface area contributed by atoms with Gasteiger partial charge in [-0.2, -0.15) is 0 Å². The minimum atomic E-state index is -1.09. The van der Waals surface area contributed by atoms with Crippen molar-refractivity contribution in [2.75, 3.05) is 0 Å². The van der Waals surface area contributed by atoms with E-state index >= 15 is 0 Å². The van der Waals surface area contributed by atoms with Gasteiger partial charge in [0.25, 0.3) is 0 Å². The van der Waals surface area contributed by atoms with Crippen LogP contribution in [0.15, 0.2) is 42.7 Å². The van der Waals surface area contributed by atoms with Gasteiger partial charge in [-0.05, 0) is 29.8 Å². The third kappa shape index (κ3) is 2.53. The fourth-order valence-electron chi connectivity index (χ4n) is 1.50. The highest BCUT2D eigenvalue weighted by Crippen LogP contribution is 2.14. The lowest BCUT2D eigenvalue weighted by Crippen LogP contribution is -2.07. The Balaban J connectivity index is 2.24. The molecule has 0 saturated carbocycles. The van der Waals surface area contributed by atoms with Crippen LogP contribution in [0.2, 0.25) is 0 Å². The van der Waals surface area contributed by atoms with Crippen LogP contribution in [0.5, 0.6) is 0 Å². The van der Waals surface area contributed by atoms with Crippen LogP contribution in [0.4, 0.5) is 8.78 Å². The van der Waals surface area contributed by atoms with E-state index < -0.39 is 17.4 Å². The van der Waals surface area contributed by atoms with E-state index in [9.17, 15) is 13.6 Å². The van der Waals surface area contributed by atoms with Gasteiger partial charge in [-0.3, -0.25) is 9.78 Å². The van der Waals surface area contributed by atoms with Gasteiger partial charge in [0.15, 0.2) is 17.4 Å². The smallest absolute Gasteiger partial charge is 0.170 e. The van der Waals surface area contributed by atoms with Crippen molar-refractivity contribution < 1.29 is 13.6 Å². The summed E-state index contributed by atoms with van der Waals surface area (Å²) in [4.78, 5) is 15.6. The zero-order valence-corrected chi connectivity index (χ0v) is 8.86. The number of hydrogen-bond acceptors (Lipinski definition) is 2.